The number of aryl methyl sites for hydroxylation is 1. The highest BCUT2D eigenvalue weighted by atomic mass is 35.5. The van der Waals surface area contributed by atoms with Crippen LogP contribution in [0.1, 0.15) is 15.9 Å². The number of amides is 1. The summed E-state index contributed by atoms with van der Waals surface area (Å²) in [7, 11) is -3.91. The fraction of sp³-hybridized carbons (Fsp3) is 0.0500. The summed E-state index contributed by atoms with van der Waals surface area (Å²) in [6, 6.07) is 16.7. The van der Waals surface area contributed by atoms with Gasteiger partial charge in [-0.15, -0.1) is 0 Å². The Bertz CT molecular complexity index is 1150. The summed E-state index contributed by atoms with van der Waals surface area (Å²) in [6.07, 6.45) is 0. The second-order valence-corrected chi connectivity index (χ2v) is 8.24. The number of rotatable bonds is 5. The van der Waals surface area contributed by atoms with Crippen LogP contribution in [0.3, 0.4) is 0 Å². The average molecular weight is 417 g/mol. The predicted octanol–water partition coefficient (Wildman–Crippen LogP) is 4.41. The van der Waals surface area contributed by atoms with E-state index in [2.05, 4.69) is 10.0 Å². The monoisotopic (exact) mass is 416 g/mol. The molecule has 0 spiro atoms. The minimum Gasteiger partial charge on any atom is -0.506 e. The molecule has 0 saturated carbocycles. The van der Waals surface area contributed by atoms with Gasteiger partial charge in [0.2, 0.25) is 0 Å². The van der Waals surface area contributed by atoms with Crippen molar-refractivity contribution in [2.45, 2.75) is 11.8 Å². The standard InChI is InChI=1S/C20H17ClN2O4S/c1-13-8-9-18(19(24)10-13)22-20(25)14-4-2-7-17(11-14)28(26,27)23-16-6-3-5-15(21)12-16/h2-12,23-24H,1H3,(H,22,25). The number of hydrogen-bond donors (Lipinski definition) is 3. The number of halogens is 1. The van der Waals surface area contributed by atoms with Gasteiger partial charge in [0.25, 0.3) is 15.9 Å². The molecule has 3 aromatic carbocycles. The van der Waals surface area contributed by atoms with Crippen molar-refractivity contribution in [2.24, 2.45) is 0 Å². The molecule has 6 nitrogen and oxygen atoms in total. The van der Waals surface area contributed by atoms with E-state index in [1.54, 1.807) is 30.3 Å². The summed E-state index contributed by atoms with van der Waals surface area (Å²) in [6.45, 7) is 1.81. The van der Waals surface area contributed by atoms with Gasteiger partial charge in [0.15, 0.2) is 0 Å². The van der Waals surface area contributed by atoms with Gasteiger partial charge >= 0.3 is 0 Å². The minimum absolute atomic E-state index is 0.0697. The molecule has 0 aliphatic heterocycles. The molecule has 0 aromatic heterocycles. The van der Waals surface area contributed by atoms with Crippen LogP contribution in [0.5, 0.6) is 5.75 Å². The number of carbonyl (C=O) groups excluding carboxylic acids is 1. The lowest BCUT2D eigenvalue weighted by Gasteiger charge is -2.11. The van der Waals surface area contributed by atoms with Crippen molar-refractivity contribution in [3.05, 3.63) is 82.9 Å². The van der Waals surface area contributed by atoms with Crippen LogP contribution in [-0.2, 0) is 10.0 Å². The van der Waals surface area contributed by atoms with Crippen LogP contribution in [0.2, 0.25) is 5.02 Å². The highest BCUT2D eigenvalue weighted by molar-refractivity contribution is 7.92. The van der Waals surface area contributed by atoms with Gasteiger partial charge in [-0.25, -0.2) is 8.42 Å². The molecule has 3 N–H and O–H groups in total. The molecule has 3 rings (SSSR count). The molecule has 0 saturated heterocycles. The van der Waals surface area contributed by atoms with Crippen molar-refractivity contribution >= 4 is 38.9 Å². The molecule has 28 heavy (non-hydrogen) atoms. The maximum Gasteiger partial charge on any atom is 0.261 e. The third-order valence-corrected chi connectivity index (χ3v) is 5.50. The summed E-state index contributed by atoms with van der Waals surface area (Å²) < 4.78 is 27.6. The number of anilines is 2. The Kier molecular flexibility index (Phi) is 5.58. The number of phenols is 1. The van der Waals surface area contributed by atoms with Crippen molar-refractivity contribution in [3.8, 4) is 5.75 Å². The number of aromatic hydroxyl groups is 1. The van der Waals surface area contributed by atoms with E-state index in [4.69, 9.17) is 11.6 Å². The van der Waals surface area contributed by atoms with Crippen LogP contribution in [0.15, 0.2) is 71.6 Å². The van der Waals surface area contributed by atoms with E-state index >= 15 is 0 Å². The van der Waals surface area contributed by atoms with Gasteiger partial charge in [0, 0.05) is 10.6 Å². The fourth-order valence-corrected chi connectivity index (χ4v) is 3.80. The highest BCUT2D eigenvalue weighted by Gasteiger charge is 2.17. The molecular formula is C20H17ClN2O4S. The number of sulfonamides is 1. The second kappa shape index (κ2) is 7.92. The van der Waals surface area contributed by atoms with Gasteiger partial charge in [-0.05, 0) is 61.0 Å². The Morgan fingerprint density at radius 1 is 1.00 bits per heavy atom. The van der Waals surface area contributed by atoms with E-state index in [1.165, 1.54) is 36.4 Å². The normalized spacial score (nSPS) is 11.1. The Hall–Kier alpha value is -3.03. The second-order valence-electron chi connectivity index (χ2n) is 6.12. The van der Waals surface area contributed by atoms with E-state index < -0.39 is 15.9 Å². The lowest BCUT2D eigenvalue weighted by Crippen LogP contribution is -2.16. The van der Waals surface area contributed by atoms with E-state index in [-0.39, 0.29) is 21.9 Å². The van der Waals surface area contributed by atoms with E-state index in [0.717, 1.165) is 5.56 Å². The SMILES string of the molecule is Cc1ccc(NC(=O)c2cccc(S(=O)(=O)Nc3cccc(Cl)c3)c2)c(O)c1. The quantitative estimate of drug-likeness (QED) is 0.537. The summed E-state index contributed by atoms with van der Waals surface area (Å²) in [5.74, 6) is -0.612. The van der Waals surface area contributed by atoms with Gasteiger partial charge < -0.3 is 10.4 Å². The van der Waals surface area contributed by atoms with Crippen molar-refractivity contribution in [2.75, 3.05) is 10.0 Å². The number of hydrogen-bond acceptors (Lipinski definition) is 4. The zero-order chi connectivity index (χ0) is 20.3. The molecule has 144 valence electrons. The molecule has 8 heteroatoms. The average Bonchev–Trinajstić information content (AvgIpc) is 2.64. The van der Waals surface area contributed by atoms with Gasteiger partial charge in [-0.3, -0.25) is 9.52 Å². The zero-order valence-electron chi connectivity index (χ0n) is 14.8. The number of nitrogens with one attached hydrogen (secondary N) is 2. The third kappa shape index (κ3) is 4.62. The van der Waals surface area contributed by atoms with Crippen LogP contribution in [0.25, 0.3) is 0 Å². The lowest BCUT2D eigenvalue weighted by atomic mass is 10.2. The first-order valence-corrected chi connectivity index (χ1v) is 10.1. The zero-order valence-corrected chi connectivity index (χ0v) is 16.4. The molecule has 0 aliphatic rings. The van der Waals surface area contributed by atoms with Crippen LogP contribution < -0.4 is 10.0 Å². The molecule has 0 heterocycles. The first kappa shape index (κ1) is 19.7. The molecule has 1 amide bonds. The fourth-order valence-electron chi connectivity index (χ4n) is 2.51. The molecule has 0 bridgehead atoms. The predicted molar refractivity (Wildman–Crippen MR) is 109 cm³/mol. The number of phenolic OH excluding ortho intramolecular Hbond substituents is 1. The summed E-state index contributed by atoms with van der Waals surface area (Å²) >= 11 is 5.88. The van der Waals surface area contributed by atoms with Crippen LogP contribution in [-0.4, -0.2) is 19.4 Å². The van der Waals surface area contributed by atoms with Crippen molar-refractivity contribution in [1.82, 2.24) is 0 Å². The molecule has 3 aromatic rings. The molecule has 0 unspecified atom stereocenters. The van der Waals surface area contributed by atoms with E-state index in [9.17, 15) is 18.3 Å². The maximum atomic E-state index is 12.6. The van der Waals surface area contributed by atoms with Crippen LogP contribution in [0.4, 0.5) is 11.4 Å². The first-order chi connectivity index (χ1) is 13.2. The van der Waals surface area contributed by atoms with Gasteiger partial charge in [0.1, 0.15) is 5.75 Å². The third-order valence-electron chi connectivity index (χ3n) is 3.88. The van der Waals surface area contributed by atoms with E-state index in [1.807, 2.05) is 6.92 Å². The van der Waals surface area contributed by atoms with Gasteiger partial charge in [-0.2, -0.15) is 0 Å². The van der Waals surface area contributed by atoms with Crippen LogP contribution >= 0.6 is 11.6 Å². The highest BCUT2D eigenvalue weighted by Crippen LogP contribution is 2.25. The molecule has 0 atom stereocenters. The molecule has 0 fully saturated rings. The Balaban J connectivity index is 1.83. The van der Waals surface area contributed by atoms with Crippen LogP contribution in [0, 0.1) is 6.92 Å². The lowest BCUT2D eigenvalue weighted by molar-refractivity contribution is 0.102. The first-order valence-electron chi connectivity index (χ1n) is 8.24. The number of carbonyl (C=O) groups is 1. The molecular weight excluding hydrogens is 400 g/mol. The van der Waals surface area contributed by atoms with Crippen molar-refractivity contribution in [1.29, 1.82) is 0 Å². The van der Waals surface area contributed by atoms with Crippen molar-refractivity contribution in [3.63, 3.8) is 0 Å². The summed E-state index contributed by atoms with van der Waals surface area (Å²) in [4.78, 5) is 12.4. The minimum atomic E-state index is -3.91. The molecule has 0 aliphatic carbocycles. The molecule has 0 radical (unpaired) electrons. The number of benzene rings is 3. The summed E-state index contributed by atoms with van der Waals surface area (Å²) in [5, 5.41) is 12.9. The Morgan fingerprint density at radius 3 is 2.46 bits per heavy atom. The largest absolute Gasteiger partial charge is 0.506 e. The van der Waals surface area contributed by atoms with E-state index in [0.29, 0.717) is 10.7 Å². The Labute approximate surface area is 167 Å². The topological polar surface area (TPSA) is 95.5 Å². The summed E-state index contributed by atoms with van der Waals surface area (Å²) in [5.41, 5.74) is 1.53. The van der Waals surface area contributed by atoms with Crippen molar-refractivity contribution < 1.29 is 18.3 Å². The van der Waals surface area contributed by atoms with Gasteiger partial charge in [-0.1, -0.05) is 29.8 Å². The Morgan fingerprint density at radius 2 is 1.75 bits per heavy atom. The smallest absolute Gasteiger partial charge is 0.261 e. The van der Waals surface area contributed by atoms with Gasteiger partial charge in [0.05, 0.1) is 16.3 Å². The maximum absolute atomic E-state index is 12.6.